The fourth-order valence-electron chi connectivity index (χ4n) is 1.67. The Morgan fingerprint density at radius 1 is 1.53 bits per heavy atom. The minimum Gasteiger partial charge on any atom is -0.351 e. The minimum absolute atomic E-state index is 0. The number of rotatable bonds is 4. The zero-order chi connectivity index (χ0) is 13.1. The van der Waals surface area contributed by atoms with E-state index in [9.17, 15) is 14.9 Å². The summed E-state index contributed by atoms with van der Waals surface area (Å²) in [5.74, 6) is -0.0365. The van der Waals surface area contributed by atoms with Crippen molar-refractivity contribution in [2.75, 3.05) is 19.6 Å². The van der Waals surface area contributed by atoms with Crippen LogP contribution in [0.15, 0.2) is 18.2 Å². The van der Waals surface area contributed by atoms with Crippen LogP contribution in [0.25, 0.3) is 0 Å². The largest absolute Gasteiger partial charge is 0.351 e. The van der Waals surface area contributed by atoms with Crippen LogP contribution in [-0.2, 0) is 0 Å². The van der Waals surface area contributed by atoms with Gasteiger partial charge in [0, 0.05) is 36.6 Å². The van der Waals surface area contributed by atoms with Gasteiger partial charge in [0.15, 0.2) is 0 Å². The second-order valence-electron chi connectivity index (χ2n) is 4.15. The van der Waals surface area contributed by atoms with E-state index in [1.807, 2.05) is 0 Å². The molecule has 104 valence electrons. The number of hydrogen-bond acceptors (Lipinski definition) is 4. The van der Waals surface area contributed by atoms with E-state index < -0.39 is 10.8 Å². The number of halogens is 2. The van der Waals surface area contributed by atoms with E-state index in [4.69, 9.17) is 11.6 Å². The lowest BCUT2D eigenvalue weighted by molar-refractivity contribution is -0.385. The van der Waals surface area contributed by atoms with Crippen molar-refractivity contribution >= 4 is 35.6 Å². The second kappa shape index (κ2) is 6.70. The number of carbonyl (C=O) groups excluding carboxylic acids is 1. The highest BCUT2D eigenvalue weighted by atomic mass is 35.5. The zero-order valence-corrected chi connectivity index (χ0v) is 11.5. The second-order valence-corrected chi connectivity index (χ2v) is 4.59. The lowest BCUT2D eigenvalue weighted by Crippen LogP contribution is -2.48. The fourth-order valence-corrected chi connectivity index (χ4v) is 1.84. The topological polar surface area (TPSA) is 84.3 Å². The number of carbonyl (C=O) groups is 1. The molecule has 2 N–H and O–H groups in total. The summed E-state index contributed by atoms with van der Waals surface area (Å²) in [5, 5.41) is 16.9. The Kier molecular flexibility index (Phi) is 5.53. The Hall–Kier alpha value is -1.37. The molecule has 0 aromatic heterocycles. The van der Waals surface area contributed by atoms with E-state index in [-0.39, 0.29) is 28.7 Å². The van der Waals surface area contributed by atoms with Gasteiger partial charge in [0.25, 0.3) is 11.6 Å². The summed E-state index contributed by atoms with van der Waals surface area (Å²) < 4.78 is 0. The van der Waals surface area contributed by atoms with Gasteiger partial charge in [-0.2, -0.15) is 0 Å². The fraction of sp³-hybridized carbons (Fsp3) is 0.364. The molecule has 0 atom stereocenters. The number of nitro benzene ring substituents is 1. The van der Waals surface area contributed by atoms with E-state index in [1.54, 1.807) is 0 Å². The molecule has 0 radical (unpaired) electrons. The molecular formula is C11H13Cl2N3O3. The normalized spacial score (nSPS) is 14.2. The first-order chi connectivity index (χ1) is 8.58. The van der Waals surface area contributed by atoms with Gasteiger partial charge in [0.05, 0.1) is 4.92 Å². The standard InChI is InChI=1S/C11H12ClN3O3.ClH/c12-8-1-2-9(10(3-8)15(17)18)11(16)14-6-7-4-13-5-7;/h1-3,7,13H,4-6H2,(H,14,16);1H. The molecule has 1 saturated heterocycles. The first-order valence-corrected chi connectivity index (χ1v) is 5.88. The summed E-state index contributed by atoms with van der Waals surface area (Å²) in [6.07, 6.45) is 0. The number of benzene rings is 1. The average Bonchev–Trinajstić information content (AvgIpc) is 2.26. The maximum atomic E-state index is 11.8. The van der Waals surface area contributed by atoms with Gasteiger partial charge in [0.1, 0.15) is 5.56 Å². The molecule has 6 nitrogen and oxygen atoms in total. The van der Waals surface area contributed by atoms with Gasteiger partial charge in [-0.25, -0.2) is 0 Å². The maximum Gasteiger partial charge on any atom is 0.283 e. The molecule has 0 unspecified atom stereocenters. The van der Waals surface area contributed by atoms with Gasteiger partial charge in [-0.1, -0.05) is 11.6 Å². The third kappa shape index (κ3) is 3.79. The highest BCUT2D eigenvalue weighted by Gasteiger charge is 2.22. The molecule has 0 bridgehead atoms. The van der Waals surface area contributed by atoms with Crippen LogP contribution in [0.4, 0.5) is 5.69 Å². The molecule has 1 aliphatic rings. The van der Waals surface area contributed by atoms with Crippen LogP contribution in [0.2, 0.25) is 5.02 Å². The van der Waals surface area contributed by atoms with Crippen molar-refractivity contribution in [1.82, 2.24) is 10.6 Å². The lowest BCUT2D eigenvalue weighted by Gasteiger charge is -2.27. The van der Waals surface area contributed by atoms with Crippen molar-refractivity contribution in [3.8, 4) is 0 Å². The van der Waals surface area contributed by atoms with Crippen molar-refractivity contribution in [1.29, 1.82) is 0 Å². The summed E-state index contributed by atoms with van der Waals surface area (Å²) in [7, 11) is 0. The summed E-state index contributed by atoms with van der Waals surface area (Å²) >= 11 is 5.68. The van der Waals surface area contributed by atoms with Crippen molar-refractivity contribution < 1.29 is 9.72 Å². The smallest absolute Gasteiger partial charge is 0.283 e. The van der Waals surface area contributed by atoms with Gasteiger partial charge in [-0.3, -0.25) is 14.9 Å². The van der Waals surface area contributed by atoms with Crippen molar-refractivity contribution in [3.05, 3.63) is 38.9 Å². The molecule has 1 fully saturated rings. The van der Waals surface area contributed by atoms with Crippen LogP contribution in [0.5, 0.6) is 0 Å². The summed E-state index contributed by atoms with van der Waals surface area (Å²) in [6, 6.07) is 4.02. The molecule has 1 heterocycles. The number of nitrogens with zero attached hydrogens (tertiary/aromatic N) is 1. The average molecular weight is 306 g/mol. The first kappa shape index (κ1) is 15.7. The molecule has 0 saturated carbocycles. The quantitative estimate of drug-likeness (QED) is 0.654. The van der Waals surface area contributed by atoms with E-state index >= 15 is 0 Å². The SMILES string of the molecule is Cl.O=C(NCC1CNC1)c1ccc(Cl)cc1[N+](=O)[O-]. The summed E-state index contributed by atoms with van der Waals surface area (Å²) in [6.45, 7) is 2.25. The summed E-state index contributed by atoms with van der Waals surface area (Å²) in [4.78, 5) is 22.1. The Morgan fingerprint density at radius 3 is 2.74 bits per heavy atom. The van der Waals surface area contributed by atoms with Crippen LogP contribution >= 0.6 is 24.0 Å². The van der Waals surface area contributed by atoms with Crippen molar-refractivity contribution in [2.24, 2.45) is 5.92 Å². The van der Waals surface area contributed by atoms with Crippen LogP contribution < -0.4 is 10.6 Å². The predicted octanol–water partition coefficient (Wildman–Crippen LogP) is 1.62. The highest BCUT2D eigenvalue weighted by molar-refractivity contribution is 6.31. The van der Waals surface area contributed by atoms with E-state index in [2.05, 4.69) is 10.6 Å². The maximum absolute atomic E-state index is 11.8. The van der Waals surface area contributed by atoms with Gasteiger partial charge in [-0.15, -0.1) is 12.4 Å². The van der Waals surface area contributed by atoms with Crippen LogP contribution in [0.1, 0.15) is 10.4 Å². The van der Waals surface area contributed by atoms with Crippen LogP contribution in [0.3, 0.4) is 0 Å². The van der Waals surface area contributed by atoms with E-state index in [0.29, 0.717) is 12.5 Å². The molecule has 2 rings (SSSR count). The molecular weight excluding hydrogens is 293 g/mol. The third-order valence-electron chi connectivity index (χ3n) is 2.82. The van der Waals surface area contributed by atoms with Gasteiger partial charge in [-0.05, 0) is 12.1 Å². The molecule has 1 aliphatic heterocycles. The third-order valence-corrected chi connectivity index (χ3v) is 3.05. The lowest BCUT2D eigenvalue weighted by atomic mass is 10.0. The number of nitro groups is 1. The highest BCUT2D eigenvalue weighted by Crippen LogP contribution is 2.23. The Morgan fingerprint density at radius 2 is 2.21 bits per heavy atom. The van der Waals surface area contributed by atoms with Crippen molar-refractivity contribution in [3.63, 3.8) is 0 Å². The van der Waals surface area contributed by atoms with Crippen molar-refractivity contribution in [2.45, 2.75) is 0 Å². The number of amides is 1. The monoisotopic (exact) mass is 305 g/mol. The van der Waals surface area contributed by atoms with Gasteiger partial charge < -0.3 is 10.6 Å². The molecule has 19 heavy (non-hydrogen) atoms. The van der Waals surface area contributed by atoms with E-state index in [0.717, 1.165) is 13.1 Å². The zero-order valence-electron chi connectivity index (χ0n) is 9.89. The molecule has 8 heteroatoms. The van der Waals surface area contributed by atoms with Gasteiger partial charge in [0.2, 0.25) is 0 Å². The van der Waals surface area contributed by atoms with E-state index in [1.165, 1.54) is 18.2 Å². The molecule has 1 aromatic rings. The first-order valence-electron chi connectivity index (χ1n) is 5.51. The van der Waals surface area contributed by atoms with Gasteiger partial charge >= 0.3 is 0 Å². The Balaban J connectivity index is 0.00000180. The predicted molar refractivity (Wildman–Crippen MR) is 74.0 cm³/mol. The molecule has 1 amide bonds. The number of hydrogen-bond donors (Lipinski definition) is 2. The summed E-state index contributed by atoms with van der Waals surface area (Å²) in [5.41, 5.74) is -0.233. The minimum atomic E-state index is -0.605. The molecule has 0 aliphatic carbocycles. The van der Waals surface area contributed by atoms with Crippen LogP contribution in [-0.4, -0.2) is 30.5 Å². The molecule has 1 aromatic carbocycles. The molecule has 0 spiro atoms. The number of nitrogens with one attached hydrogen (secondary N) is 2. The Labute approximate surface area is 121 Å². The van der Waals surface area contributed by atoms with Crippen LogP contribution in [0, 0.1) is 16.0 Å². The Bertz CT molecular complexity index is 492.